The highest BCUT2D eigenvalue weighted by atomic mass is 16.5. The summed E-state index contributed by atoms with van der Waals surface area (Å²) in [5.74, 6) is 1.56. The Kier molecular flexibility index (Phi) is 4.30. The van der Waals surface area contributed by atoms with Crippen LogP contribution in [-0.4, -0.2) is 14.2 Å². The lowest BCUT2D eigenvalue weighted by Gasteiger charge is -2.19. The normalized spacial score (nSPS) is 12.1. The molecule has 0 aliphatic heterocycles. The zero-order chi connectivity index (χ0) is 14.7. The smallest absolute Gasteiger partial charge is 0.124 e. The lowest BCUT2D eigenvalue weighted by molar-refractivity contribution is 0.397. The largest absolute Gasteiger partial charge is 0.497 e. The second-order valence-electron chi connectivity index (χ2n) is 4.87. The van der Waals surface area contributed by atoms with Gasteiger partial charge < -0.3 is 15.2 Å². The first-order valence-corrected chi connectivity index (χ1v) is 6.62. The van der Waals surface area contributed by atoms with Crippen molar-refractivity contribution in [3.8, 4) is 11.5 Å². The summed E-state index contributed by atoms with van der Waals surface area (Å²) in [6.07, 6.45) is 0. The van der Waals surface area contributed by atoms with Gasteiger partial charge in [0, 0.05) is 5.56 Å². The van der Waals surface area contributed by atoms with Crippen LogP contribution in [0.15, 0.2) is 36.4 Å². The molecule has 2 aromatic rings. The zero-order valence-electron chi connectivity index (χ0n) is 12.4. The van der Waals surface area contributed by atoms with E-state index in [1.807, 2.05) is 24.3 Å². The van der Waals surface area contributed by atoms with Gasteiger partial charge in [0.15, 0.2) is 0 Å². The van der Waals surface area contributed by atoms with Gasteiger partial charge in [-0.3, -0.25) is 0 Å². The van der Waals surface area contributed by atoms with E-state index in [1.54, 1.807) is 14.2 Å². The number of benzene rings is 2. The number of ether oxygens (including phenoxy) is 2. The first kappa shape index (κ1) is 14.4. The van der Waals surface area contributed by atoms with Crippen molar-refractivity contribution in [1.29, 1.82) is 0 Å². The van der Waals surface area contributed by atoms with E-state index in [0.717, 1.165) is 22.6 Å². The van der Waals surface area contributed by atoms with Crippen molar-refractivity contribution in [2.24, 2.45) is 5.73 Å². The minimum atomic E-state index is -0.236. The van der Waals surface area contributed by atoms with E-state index in [0.29, 0.717) is 0 Å². The zero-order valence-corrected chi connectivity index (χ0v) is 12.4. The molecule has 2 aromatic carbocycles. The highest BCUT2D eigenvalue weighted by Crippen LogP contribution is 2.33. The van der Waals surface area contributed by atoms with Gasteiger partial charge in [-0.05, 0) is 48.7 Å². The van der Waals surface area contributed by atoms with E-state index in [1.165, 1.54) is 11.1 Å². The molecule has 0 spiro atoms. The third-order valence-electron chi connectivity index (χ3n) is 3.75. The van der Waals surface area contributed by atoms with E-state index >= 15 is 0 Å². The van der Waals surface area contributed by atoms with Gasteiger partial charge in [-0.25, -0.2) is 0 Å². The van der Waals surface area contributed by atoms with Crippen molar-refractivity contribution in [1.82, 2.24) is 0 Å². The summed E-state index contributed by atoms with van der Waals surface area (Å²) in [4.78, 5) is 0. The minimum Gasteiger partial charge on any atom is -0.497 e. The molecule has 0 aliphatic rings. The third kappa shape index (κ3) is 2.63. The highest BCUT2D eigenvalue weighted by molar-refractivity contribution is 5.48. The molecule has 2 rings (SSSR count). The van der Waals surface area contributed by atoms with Crippen molar-refractivity contribution < 1.29 is 9.47 Å². The molecule has 0 aromatic heterocycles. The molecule has 0 heterocycles. The lowest BCUT2D eigenvalue weighted by Crippen LogP contribution is -2.15. The first-order chi connectivity index (χ1) is 9.58. The molecule has 1 unspecified atom stereocenters. The van der Waals surface area contributed by atoms with Crippen molar-refractivity contribution in [2.45, 2.75) is 19.9 Å². The maximum Gasteiger partial charge on any atom is 0.124 e. The monoisotopic (exact) mass is 271 g/mol. The maximum atomic E-state index is 6.45. The molecule has 0 radical (unpaired) electrons. The van der Waals surface area contributed by atoms with E-state index in [9.17, 15) is 0 Å². The molecular formula is C17H21NO2. The SMILES string of the molecule is COc1ccc(OC)c(C(N)c2cccc(C)c2C)c1. The Balaban J connectivity index is 2.51. The molecule has 0 fully saturated rings. The fraction of sp³-hybridized carbons (Fsp3) is 0.294. The van der Waals surface area contributed by atoms with Crippen LogP contribution < -0.4 is 15.2 Å². The molecule has 106 valence electrons. The van der Waals surface area contributed by atoms with E-state index in [4.69, 9.17) is 15.2 Å². The average molecular weight is 271 g/mol. The maximum absolute atomic E-state index is 6.45. The summed E-state index contributed by atoms with van der Waals surface area (Å²) in [6, 6.07) is 11.6. The molecule has 0 saturated heterocycles. The molecule has 0 aliphatic carbocycles. The Labute approximate surface area is 120 Å². The summed E-state index contributed by atoms with van der Waals surface area (Å²) in [5, 5.41) is 0. The molecule has 2 N–H and O–H groups in total. The Bertz CT molecular complexity index is 608. The van der Waals surface area contributed by atoms with Crippen molar-refractivity contribution in [3.63, 3.8) is 0 Å². The summed E-state index contributed by atoms with van der Waals surface area (Å²) in [5.41, 5.74) is 10.9. The Morgan fingerprint density at radius 2 is 1.70 bits per heavy atom. The number of nitrogens with two attached hydrogens (primary N) is 1. The van der Waals surface area contributed by atoms with Crippen LogP contribution in [0.2, 0.25) is 0 Å². The van der Waals surface area contributed by atoms with Crippen LogP contribution >= 0.6 is 0 Å². The van der Waals surface area contributed by atoms with Gasteiger partial charge in [0.25, 0.3) is 0 Å². The van der Waals surface area contributed by atoms with Crippen LogP contribution in [0.4, 0.5) is 0 Å². The molecule has 0 saturated carbocycles. The Morgan fingerprint density at radius 3 is 2.35 bits per heavy atom. The Morgan fingerprint density at radius 1 is 0.950 bits per heavy atom. The van der Waals surface area contributed by atoms with E-state index in [2.05, 4.69) is 26.0 Å². The minimum absolute atomic E-state index is 0.236. The molecule has 1 atom stereocenters. The van der Waals surface area contributed by atoms with Crippen molar-refractivity contribution >= 4 is 0 Å². The molecule has 0 bridgehead atoms. The highest BCUT2D eigenvalue weighted by Gasteiger charge is 2.17. The van der Waals surface area contributed by atoms with E-state index in [-0.39, 0.29) is 6.04 Å². The second-order valence-corrected chi connectivity index (χ2v) is 4.87. The van der Waals surface area contributed by atoms with Crippen molar-refractivity contribution in [3.05, 3.63) is 58.7 Å². The fourth-order valence-corrected chi connectivity index (χ4v) is 2.36. The van der Waals surface area contributed by atoms with Crippen LogP contribution in [0.3, 0.4) is 0 Å². The predicted octanol–water partition coefficient (Wildman–Crippen LogP) is 3.37. The van der Waals surface area contributed by atoms with E-state index < -0.39 is 0 Å². The van der Waals surface area contributed by atoms with Gasteiger partial charge >= 0.3 is 0 Å². The van der Waals surface area contributed by atoms with Gasteiger partial charge in [-0.2, -0.15) is 0 Å². The van der Waals surface area contributed by atoms with Gasteiger partial charge in [-0.15, -0.1) is 0 Å². The molecule has 3 heteroatoms. The first-order valence-electron chi connectivity index (χ1n) is 6.62. The predicted molar refractivity (Wildman–Crippen MR) is 81.5 cm³/mol. The molecular weight excluding hydrogens is 250 g/mol. The van der Waals surface area contributed by atoms with Crippen LogP contribution in [0, 0.1) is 13.8 Å². The summed E-state index contributed by atoms with van der Waals surface area (Å²) >= 11 is 0. The lowest BCUT2D eigenvalue weighted by atomic mass is 9.92. The van der Waals surface area contributed by atoms with Crippen LogP contribution in [0.1, 0.15) is 28.3 Å². The Hall–Kier alpha value is -2.00. The molecule has 3 nitrogen and oxygen atoms in total. The van der Waals surface area contributed by atoms with Crippen LogP contribution in [-0.2, 0) is 0 Å². The van der Waals surface area contributed by atoms with Gasteiger partial charge in [0.2, 0.25) is 0 Å². The standard InChI is InChI=1S/C17H21NO2/c1-11-6-5-7-14(12(11)2)17(18)15-10-13(19-3)8-9-16(15)20-4/h5-10,17H,18H2,1-4H3. The number of methoxy groups -OCH3 is 2. The van der Waals surface area contributed by atoms with Gasteiger partial charge in [-0.1, -0.05) is 18.2 Å². The molecule has 20 heavy (non-hydrogen) atoms. The number of aryl methyl sites for hydroxylation is 1. The second kappa shape index (κ2) is 5.97. The number of hydrogen-bond acceptors (Lipinski definition) is 3. The van der Waals surface area contributed by atoms with Gasteiger partial charge in [0.05, 0.1) is 20.3 Å². The summed E-state index contributed by atoms with van der Waals surface area (Å²) in [7, 11) is 3.30. The fourth-order valence-electron chi connectivity index (χ4n) is 2.36. The topological polar surface area (TPSA) is 44.5 Å². The third-order valence-corrected chi connectivity index (χ3v) is 3.75. The number of hydrogen-bond donors (Lipinski definition) is 1. The van der Waals surface area contributed by atoms with Gasteiger partial charge in [0.1, 0.15) is 11.5 Å². The quantitative estimate of drug-likeness (QED) is 0.927. The van der Waals surface area contributed by atoms with Crippen LogP contribution in [0.25, 0.3) is 0 Å². The van der Waals surface area contributed by atoms with Crippen molar-refractivity contribution in [2.75, 3.05) is 14.2 Å². The number of rotatable bonds is 4. The van der Waals surface area contributed by atoms with Crippen LogP contribution in [0.5, 0.6) is 11.5 Å². The summed E-state index contributed by atoms with van der Waals surface area (Å²) < 4.78 is 10.7. The average Bonchev–Trinajstić information content (AvgIpc) is 2.48. The molecule has 0 amide bonds. The summed E-state index contributed by atoms with van der Waals surface area (Å²) in [6.45, 7) is 4.19.